The highest BCUT2D eigenvalue weighted by molar-refractivity contribution is 7.54. The molecule has 180 valence electrons. The summed E-state index contributed by atoms with van der Waals surface area (Å²) in [7, 11) is -4.49. The van der Waals surface area contributed by atoms with Crippen molar-refractivity contribution in [1.29, 1.82) is 0 Å². The highest BCUT2D eigenvalue weighted by Gasteiger charge is 2.50. The number of fused-ring (bicyclic) bond motifs is 1. The molecule has 32 heavy (non-hydrogen) atoms. The van der Waals surface area contributed by atoms with E-state index in [1.165, 1.54) is 6.92 Å². The molecule has 15 heteroatoms. The van der Waals surface area contributed by atoms with E-state index in [9.17, 15) is 34.4 Å². The van der Waals surface area contributed by atoms with Gasteiger partial charge in [0.15, 0.2) is 22.7 Å². The first-order valence-corrected chi connectivity index (χ1v) is 11.5. The number of aromatic nitrogens is 4. The van der Waals surface area contributed by atoms with Crippen molar-refractivity contribution in [2.75, 3.05) is 5.73 Å². The van der Waals surface area contributed by atoms with E-state index in [0.29, 0.717) is 0 Å². The lowest BCUT2D eigenvalue weighted by atomic mass is 9.93. The number of nitrogens with two attached hydrogens (primary N) is 1. The van der Waals surface area contributed by atoms with Gasteiger partial charge in [-0.15, -0.1) is 0 Å². The summed E-state index contributed by atoms with van der Waals surface area (Å²) in [5.41, 5.74) is 2.32. The number of anilines is 1. The van der Waals surface area contributed by atoms with Crippen molar-refractivity contribution >= 4 is 24.7 Å². The molecule has 8 N–H and O–H groups in total. The lowest BCUT2D eigenvalue weighted by Gasteiger charge is -2.36. The molecule has 3 heterocycles. The average Bonchev–Trinajstić information content (AvgIpc) is 3.11. The monoisotopic (exact) mass is 477 g/mol. The summed E-state index contributed by atoms with van der Waals surface area (Å²) >= 11 is 0. The SMILES string of the molecule is CCC(C)(CC1OC(n2c(=O)[nH]c3c(=O)[nH]c(N)nc32)C(O)C1O)OP(=O)(O)C(C)(C)O. The summed E-state index contributed by atoms with van der Waals surface area (Å²) < 4.78 is 24.4. The van der Waals surface area contributed by atoms with Crippen molar-refractivity contribution in [3.05, 3.63) is 20.8 Å². The zero-order chi connectivity index (χ0) is 24.2. The number of ether oxygens (including phenoxy) is 1. The Morgan fingerprint density at radius 1 is 1.25 bits per heavy atom. The molecule has 1 fully saturated rings. The molecule has 3 rings (SSSR count). The minimum Gasteiger partial charge on any atom is -0.388 e. The number of nitrogen functional groups attached to an aromatic ring is 1. The zero-order valence-electron chi connectivity index (χ0n) is 18.0. The molecule has 6 unspecified atom stereocenters. The van der Waals surface area contributed by atoms with E-state index in [2.05, 4.69) is 15.0 Å². The van der Waals surface area contributed by atoms with Gasteiger partial charge in [-0.2, -0.15) is 4.98 Å². The van der Waals surface area contributed by atoms with Crippen LogP contribution in [0.25, 0.3) is 11.2 Å². The number of hydrogen-bond acceptors (Lipinski definition) is 10. The average molecular weight is 477 g/mol. The third-order valence-corrected chi connectivity index (χ3v) is 7.68. The topological polar surface area (TPSA) is 226 Å². The highest BCUT2D eigenvalue weighted by atomic mass is 31.2. The van der Waals surface area contributed by atoms with Crippen molar-refractivity contribution < 1.29 is 34.0 Å². The van der Waals surface area contributed by atoms with Gasteiger partial charge in [0.25, 0.3) is 5.56 Å². The number of hydrogen-bond donors (Lipinski definition) is 7. The van der Waals surface area contributed by atoms with Gasteiger partial charge in [0.1, 0.15) is 12.2 Å². The minimum absolute atomic E-state index is 0.161. The molecule has 1 aliphatic rings. The fourth-order valence-electron chi connectivity index (χ4n) is 3.46. The molecule has 0 aromatic carbocycles. The molecule has 0 bridgehead atoms. The van der Waals surface area contributed by atoms with Crippen LogP contribution in [-0.2, 0) is 13.8 Å². The van der Waals surface area contributed by atoms with Gasteiger partial charge in [0.05, 0.1) is 11.7 Å². The normalized spacial score (nSPS) is 28.0. The van der Waals surface area contributed by atoms with Crippen LogP contribution in [0.5, 0.6) is 0 Å². The molecule has 0 amide bonds. The summed E-state index contributed by atoms with van der Waals surface area (Å²) in [6.45, 7) is 5.43. The molecule has 1 aliphatic heterocycles. The molecule has 0 spiro atoms. The van der Waals surface area contributed by atoms with E-state index in [0.717, 1.165) is 18.4 Å². The molecule has 6 atom stereocenters. The van der Waals surface area contributed by atoms with Gasteiger partial charge in [-0.1, -0.05) is 6.92 Å². The molecule has 1 saturated heterocycles. The lowest BCUT2D eigenvalue weighted by Crippen LogP contribution is -2.39. The largest absolute Gasteiger partial charge is 0.388 e. The second-order valence-corrected chi connectivity index (χ2v) is 10.9. The Morgan fingerprint density at radius 3 is 2.44 bits per heavy atom. The van der Waals surface area contributed by atoms with E-state index in [1.54, 1.807) is 6.92 Å². The van der Waals surface area contributed by atoms with Crippen LogP contribution in [0, 0.1) is 0 Å². The first kappa shape index (κ1) is 24.6. The predicted molar refractivity (Wildman–Crippen MR) is 112 cm³/mol. The van der Waals surface area contributed by atoms with Gasteiger partial charge in [0, 0.05) is 6.42 Å². The smallest absolute Gasteiger partial charge is 0.359 e. The summed E-state index contributed by atoms with van der Waals surface area (Å²) in [4.78, 5) is 43.1. The Kier molecular flexibility index (Phi) is 6.19. The molecule has 0 aliphatic carbocycles. The number of imidazole rings is 1. The van der Waals surface area contributed by atoms with Crippen LogP contribution >= 0.6 is 7.60 Å². The van der Waals surface area contributed by atoms with Crippen molar-refractivity contribution in [1.82, 2.24) is 19.5 Å². The number of nitrogens with zero attached hydrogens (tertiary/aromatic N) is 2. The van der Waals surface area contributed by atoms with Gasteiger partial charge in [-0.25, -0.2) is 9.36 Å². The van der Waals surface area contributed by atoms with Crippen LogP contribution in [0.15, 0.2) is 9.59 Å². The second-order valence-electron chi connectivity index (χ2n) is 8.61. The summed E-state index contributed by atoms with van der Waals surface area (Å²) in [5.74, 6) is -0.267. The number of aliphatic hydroxyl groups excluding tert-OH is 2. The third-order valence-electron chi connectivity index (χ3n) is 5.61. The maximum absolute atomic E-state index is 12.5. The number of aliphatic hydroxyl groups is 3. The second kappa shape index (κ2) is 8.06. The van der Waals surface area contributed by atoms with Crippen LogP contribution in [0.4, 0.5) is 5.95 Å². The van der Waals surface area contributed by atoms with Crippen LogP contribution in [0.3, 0.4) is 0 Å². The van der Waals surface area contributed by atoms with E-state index >= 15 is 0 Å². The fourth-order valence-corrected chi connectivity index (χ4v) is 4.48. The number of rotatable bonds is 7. The molecule has 0 saturated carbocycles. The van der Waals surface area contributed by atoms with Gasteiger partial charge < -0.3 is 35.2 Å². The Bertz CT molecular complexity index is 1170. The maximum atomic E-state index is 12.5. The minimum atomic E-state index is -4.49. The Morgan fingerprint density at radius 2 is 1.88 bits per heavy atom. The quantitative estimate of drug-likeness (QED) is 0.242. The molecule has 2 aromatic heterocycles. The van der Waals surface area contributed by atoms with Crippen molar-refractivity contribution in [3.8, 4) is 0 Å². The van der Waals surface area contributed by atoms with Crippen molar-refractivity contribution in [2.24, 2.45) is 0 Å². The Hall–Kier alpha value is -2.06. The van der Waals surface area contributed by atoms with Gasteiger partial charge >= 0.3 is 13.3 Å². The van der Waals surface area contributed by atoms with Crippen LogP contribution in [0.1, 0.15) is 46.8 Å². The molecule has 2 aromatic rings. The zero-order valence-corrected chi connectivity index (χ0v) is 18.9. The summed E-state index contributed by atoms with van der Waals surface area (Å²) in [5, 5.41) is 29.1. The molecular formula is C17H28N5O9P. The highest BCUT2D eigenvalue weighted by Crippen LogP contribution is 2.57. The Balaban J connectivity index is 1.93. The first-order chi connectivity index (χ1) is 14.6. The van der Waals surface area contributed by atoms with Crippen molar-refractivity contribution in [2.45, 2.75) is 76.0 Å². The van der Waals surface area contributed by atoms with E-state index in [-0.39, 0.29) is 30.0 Å². The van der Waals surface area contributed by atoms with E-state index in [4.69, 9.17) is 15.0 Å². The van der Waals surface area contributed by atoms with E-state index in [1.807, 2.05) is 0 Å². The maximum Gasteiger partial charge on any atom is 0.359 e. The van der Waals surface area contributed by atoms with Crippen molar-refractivity contribution in [3.63, 3.8) is 0 Å². The number of H-pyrrole nitrogens is 2. The standard InChI is InChI=1S/C17H28N5O9P/c1-5-17(4,31-32(28,29)16(2,3)27)6-7-9(23)10(24)13(30-7)22-11-8(19-15(22)26)12(25)21-14(18)20-11/h7,9-10,13,23-24,27H,5-6H2,1-4H3,(H,19,26)(H,28,29)(H3,18,20,21,25). The molecule has 0 radical (unpaired) electrons. The lowest BCUT2D eigenvalue weighted by molar-refractivity contribution is -0.0692. The number of aromatic amines is 2. The molecule has 14 nitrogen and oxygen atoms in total. The van der Waals surface area contributed by atoms with E-state index < -0.39 is 54.3 Å². The third kappa shape index (κ3) is 4.27. The first-order valence-electron chi connectivity index (χ1n) is 9.88. The van der Waals surface area contributed by atoms with Gasteiger partial charge in [-0.3, -0.25) is 19.3 Å². The summed E-state index contributed by atoms with van der Waals surface area (Å²) in [6, 6.07) is 0. The van der Waals surface area contributed by atoms with Crippen LogP contribution in [-0.4, -0.2) is 69.0 Å². The van der Waals surface area contributed by atoms with Crippen LogP contribution in [0.2, 0.25) is 0 Å². The van der Waals surface area contributed by atoms with Gasteiger partial charge in [0.2, 0.25) is 5.95 Å². The Labute approximate surface area is 181 Å². The van der Waals surface area contributed by atoms with Gasteiger partial charge in [-0.05, 0) is 27.2 Å². The molecular weight excluding hydrogens is 449 g/mol. The number of nitrogens with one attached hydrogen (secondary N) is 2. The fraction of sp³-hybridized carbons (Fsp3) is 0.706. The summed E-state index contributed by atoms with van der Waals surface area (Å²) in [6.07, 6.45) is -5.63. The van der Waals surface area contributed by atoms with Crippen LogP contribution < -0.4 is 17.0 Å². The predicted octanol–water partition coefficient (Wildman–Crippen LogP) is -0.896.